The predicted molar refractivity (Wildman–Crippen MR) is 114 cm³/mol. The number of nitrogens with two attached hydrogens (primary N) is 1. The molecule has 3 heterocycles. The van der Waals surface area contributed by atoms with Gasteiger partial charge in [-0.05, 0) is 32.0 Å². The number of hydrogen-bond acceptors (Lipinski definition) is 7. The van der Waals surface area contributed by atoms with Gasteiger partial charge in [-0.25, -0.2) is 18.7 Å². The van der Waals surface area contributed by atoms with Gasteiger partial charge < -0.3 is 25.2 Å². The van der Waals surface area contributed by atoms with Crippen LogP contribution >= 0.6 is 0 Å². The van der Waals surface area contributed by atoms with Crippen LogP contribution in [0.4, 0.5) is 10.2 Å². The Hall–Kier alpha value is -3.40. The summed E-state index contributed by atoms with van der Waals surface area (Å²) in [6.45, 7) is 4.66. The van der Waals surface area contributed by atoms with Crippen LogP contribution in [0.15, 0.2) is 30.6 Å². The lowest BCUT2D eigenvalue weighted by molar-refractivity contribution is 0.0522. The third-order valence-corrected chi connectivity index (χ3v) is 6.00. The molecule has 0 radical (unpaired) electrons. The molecule has 0 amide bonds. The molecule has 32 heavy (non-hydrogen) atoms. The minimum atomic E-state index is -1.11. The maximum absolute atomic E-state index is 14.1. The molecule has 5 rings (SSSR count). The van der Waals surface area contributed by atoms with Gasteiger partial charge in [0.05, 0.1) is 18.4 Å². The second-order valence-corrected chi connectivity index (χ2v) is 8.90. The van der Waals surface area contributed by atoms with Gasteiger partial charge in [-0.15, -0.1) is 0 Å². The third kappa shape index (κ3) is 3.60. The molecule has 1 aliphatic heterocycles. The molecular formula is C22H24FN5O4. The first-order valence-corrected chi connectivity index (χ1v) is 10.5. The molecular weight excluding hydrogens is 417 g/mol. The molecule has 0 spiro atoms. The number of ether oxygens (including phenoxy) is 2. The van der Waals surface area contributed by atoms with Crippen LogP contribution in [0, 0.1) is 5.82 Å². The van der Waals surface area contributed by atoms with Gasteiger partial charge >= 0.3 is 5.97 Å². The summed E-state index contributed by atoms with van der Waals surface area (Å²) < 4.78 is 27.5. The second kappa shape index (κ2) is 7.33. The van der Waals surface area contributed by atoms with E-state index in [1.54, 1.807) is 12.3 Å². The summed E-state index contributed by atoms with van der Waals surface area (Å²) >= 11 is 0. The van der Waals surface area contributed by atoms with Crippen LogP contribution in [-0.4, -0.2) is 50.0 Å². The van der Waals surface area contributed by atoms with Crippen molar-refractivity contribution >= 4 is 17.4 Å². The summed E-state index contributed by atoms with van der Waals surface area (Å²) in [5.74, 6) is 0.0824. The third-order valence-electron chi connectivity index (χ3n) is 6.00. The molecule has 168 valence electrons. The Balaban J connectivity index is 1.50. The van der Waals surface area contributed by atoms with Gasteiger partial charge in [-0.3, -0.25) is 0 Å². The second-order valence-electron chi connectivity index (χ2n) is 8.90. The van der Waals surface area contributed by atoms with Crippen LogP contribution in [-0.2, 0) is 6.54 Å². The summed E-state index contributed by atoms with van der Waals surface area (Å²) in [5.41, 5.74) is 6.75. The number of benzene rings is 1. The minimum Gasteiger partial charge on any atom is -0.490 e. The average molecular weight is 441 g/mol. The van der Waals surface area contributed by atoms with E-state index < -0.39 is 5.97 Å². The molecule has 9 nitrogen and oxygen atoms in total. The summed E-state index contributed by atoms with van der Waals surface area (Å²) in [5, 5.41) is 13.5. The molecule has 0 bridgehead atoms. The monoisotopic (exact) mass is 441 g/mol. The first-order valence-electron chi connectivity index (χ1n) is 10.5. The van der Waals surface area contributed by atoms with Crippen molar-refractivity contribution in [3.05, 3.63) is 47.5 Å². The van der Waals surface area contributed by atoms with Gasteiger partial charge in [0.25, 0.3) is 0 Å². The van der Waals surface area contributed by atoms with Crippen LogP contribution in [0.25, 0.3) is 5.65 Å². The highest BCUT2D eigenvalue weighted by Gasteiger charge is 2.39. The molecule has 2 aliphatic rings. The van der Waals surface area contributed by atoms with Crippen molar-refractivity contribution in [1.82, 2.24) is 14.6 Å². The Morgan fingerprint density at radius 3 is 2.94 bits per heavy atom. The Kier molecular flexibility index (Phi) is 4.70. The largest absolute Gasteiger partial charge is 0.490 e. The zero-order valence-electron chi connectivity index (χ0n) is 17.8. The molecule has 1 fully saturated rings. The summed E-state index contributed by atoms with van der Waals surface area (Å²) in [6, 6.07) is 4.39. The number of carboxylic acid groups (broad SMARTS) is 1. The summed E-state index contributed by atoms with van der Waals surface area (Å²) in [6.07, 6.45) is 4.33. The first kappa shape index (κ1) is 20.5. The lowest BCUT2D eigenvalue weighted by Gasteiger charge is -2.42. The molecule has 0 saturated heterocycles. The van der Waals surface area contributed by atoms with E-state index >= 15 is 0 Å². The number of aromatic carboxylic acids is 1. The van der Waals surface area contributed by atoms with Crippen molar-refractivity contribution in [3.8, 4) is 11.5 Å². The van der Waals surface area contributed by atoms with Crippen molar-refractivity contribution in [2.75, 3.05) is 11.5 Å². The molecule has 1 aromatic carbocycles. The van der Waals surface area contributed by atoms with E-state index in [0.29, 0.717) is 36.0 Å². The standard InChI is InChI=1S/C22H24FN5O4/c1-12-11-31-18-10-28-19(16(8-25-28)21(29)30)26-20(18)27(12)9-13-5-14(23)3-4-17(13)32-15-6-22(2,24)7-15/h3-5,8,10,12,15H,6-7,9,11,24H2,1-2H3,(H,29,30)/t12-,15?,22?/m1/s1. The Morgan fingerprint density at radius 1 is 1.44 bits per heavy atom. The lowest BCUT2D eigenvalue weighted by atomic mass is 9.77. The fraction of sp³-hybridized carbons (Fsp3) is 0.409. The number of fused-ring (bicyclic) bond motifs is 2. The smallest absolute Gasteiger partial charge is 0.341 e. The molecule has 1 aliphatic carbocycles. The molecule has 1 saturated carbocycles. The predicted octanol–water partition coefficient (Wildman–Crippen LogP) is 2.61. The van der Waals surface area contributed by atoms with Gasteiger partial charge in [0.15, 0.2) is 17.2 Å². The highest BCUT2D eigenvalue weighted by Crippen LogP contribution is 2.37. The van der Waals surface area contributed by atoms with E-state index in [1.807, 2.05) is 18.7 Å². The van der Waals surface area contributed by atoms with Crippen LogP contribution < -0.4 is 20.1 Å². The van der Waals surface area contributed by atoms with Gasteiger partial charge in [0.1, 0.15) is 29.8 Å². The van der Waals surface area contributed by atoms with Crippen LogP contribution in [0.5, 0.6) is 11.5 Å². The molecule has 2 aromatic heterocycles. The first-order chi connectivity index (χ1) is 15.2. The number of carboxylic acids is 1. The molecule has 3 N–H and O–H groups in total. The van der Waals surface area contributed by atoms with E-state index in [9.17, 15) is 14.3 Å². The number of hydrogen-bond donors (Lipinski definition) is 2. The van der Waals surface area contributed by atoms with Crippen LogP contribution in [0.2, 0.25) is 0 Å². The molecule has 3 aromatic rings. The maximum Gasteiger partial charge on any atom is 0.341 e. The quantitative estimate of drug-likeness (QED) is 0.621. The number of carbonyl (C=O) groups is 1. The van der Waals surface area contributed by atoms with Crippen molar-refractivity contribution in [2.24, 2.45) is 5.73 Å². The number of nitrogens with zero attached hydrogens (tertiary/aromatic N) is 4. The van der Waals surface area contributed by atoms with Crippen LogP contribution in [0.1, 0.15) is 42.6 Å². The Bertz CT molecular complexity index is 1200. The number of rotatable bonds is 5. The summed E-state index contributed by atoms with van der Waals surface area (Å²) in [7, 11) is 0. The fourth-order valence-corrected chi connectivity index (χ4v) is 4.30. The van der Waals surface area contributed by atoms with Crippen molar-refractivity contribution in [1.29, 1.82) is 0 Å². The van der Waals surface area contributed by atoms with Gasteiger partial charge in [0, 0.05) is 30.5 Å². The van der Waals surface area contributed by atoms with E-state index in [2.05, 4.69) is 10.1 Å². The molecule has 10 heteroatoms. The van der Waals surface area contributed by atoms with Gasteiger partial charge in [0.2, 0.25) is 0 Å². The molecule has 1 atom stereocenters. The van der Waals surface area contributed by atoms with Gasteiger partial charge in [-0.2, -0.15) is 5.10 Å². The van der Waals surface area contributed by atoms with E-state index in [1.165, 1.54) is 22.8 Å². The topological polar surface area (TPSA) is 115 Å². The van der Waals surface area contributed by atoms with Crippen LogP contribution in [0.3, 0.4) is 0 Å². The van der Waals surface area contributed by atoms with E-state index in [-0.39, 0.29) is 34.7 Å². The number of aromatic nitrogens is 3. The van der Waals surface area contributed by atoms with Crippen molar-refractivity contribution in [2.45, 2.75) is 50.9 Å². The average Bonchev–Trinajstić information content (AvgIpc) is 3.12. The Morgan fingerprint density at radius 2 is 2.22 bits per heavy atom. The lowest BCUT2D eigenvalue weighted by Crippen LogP contribution is -2.54. The zero-order valence-corrected chi connectivity index (χ0v) is 17.8. The van der Waals surface area contributed by atoms with Gasteiger partial charge in [-0.1, -0.05) is 0 Å². The fourth-order valence-electron chi connectivity index (χ4n) is 4.30. The summed E-state index contributed by atoms with van der Waals surface area (Å²) in [4.78, 5) is 18.1. The molecule has 0 unspecified atom stereocenters. The Labute approximate surface area is 183 Å². The highest BCUT2D eigenvalue weighted by molar-refractivity contribution is 5.94. The normalized spacial score (nSPS) is 24.6. The van der Waals surface area contributed by atoms with E-state index in [4.69, 9.17) is 15.2 Å². The number of halogens is 1. The number of anilines is 1. The minimum absolute atomic E-state index is 0.00410. The highest BCUT2D eigenvalue weighted by atomic mass is 19.1. The van der Waals surface area contributed by atoms with E-state index in [0.717, 1.165) is 12.8 Å². The zero-order chi connectivity index (χ0) is 22.6. The van der Waals surface area contributed by atoms with Crippen molar-refractivity contribution in [3.63, 3.8) is 0 Å². The maximum atomic E-state index is 14.1. The van der Waals surface area contributed by atoms with Crippen molar-refractivity contribution < 1.29 is 23.8 Å². The SMILES string of the molecule is C[C@@H]1COc2cn3ncc(C(=O)O)c3nc2N1Cc1cc(F)ccc1OC1CC(C)(N)C1.